The van der Waals surface area contributed by atoms with Crippen LogP contribution in [0.25, 0.3) is 0 Å². The predicted octanol–water partition coefficient (Wildman–Crippen LogP) is 3.92. The van der Waals surface area contributed by atoms with Gasteiger partial charge >= 0.3 is 0 Å². The number of rotatable bonds is 5. The van der Waals surface area contributed by atoms with E-state index in [1.165, 1.54) is 11.3 Å². The summed E-state index contributed by atoms with van der Waals surface area (Å²) in [5, 5.41) is 4.18. The number of carbonyl (C=O) groups is 1. The maximum atomic E-state index is 12.5. The van der Waals surface area contributed by atoms with Crippen LogP contribution in [0.4, 0.5) is 0 Å². The molecule has 0 saturated heterocycles. The van der Waals surface area contributed by atoms with Crippen molar-refractivity contribution >= 4 is 28.8 Å². The molecule has 0 atom stereocenters. The van der Waals surface area contributed by atoms with Gasteiger partial charge in [-0.1, -0.05) is 23.7 Å². The zero-order valence-electron chi connectivity index (χ0n) is 12.6. The van der Waals surface area contributed by atoms with Crippen molar-refractivity contribution in [1.29, 1.82) is 0 Å². The molecule has 3 rings (SSSR count). The molecular formula is C17H16ClN3OS. The molecule has 0 spiro atoms. The second-order valence-corrected chi connectivity index (χ2v) is 7.07. The van der Waals surface area contributed by atoms with E-state index >= 15 is 0 Å². The van der Waals surface area contributed by atoms with Crippen LogP contribution in [0.1, 0.15) is 20.8 Å². The fraction of sp³-hybridized carbons (Fsp3) is 0.176. The second kappa shape index (κ2) is 6.98. The number of hydrogen-bond donors (Lipinski definition) is 0. The van der Waals surface area contributed by atoms with Crippen LogP contribution < -0.4 is 0 Å². The van der Waals surface area contributed by atoms with Crippen molar-refractivity contribution in [3.05, 3.63) is 75.2 Å². The number of thiophene rings is 1. The van der Waals surface area contributed by atoms with Crippen LogP contribution in [-0.2, 0) is 13.1 Å². The number of nitrogens with zero attached hydrogens (tertiary/aromatic N) is 3. The first-order valence-electron chi connectivity index (χ1n) is 7.18. The first-order valence-corrected chi connectivity index (χ1v) is 8.37. The second-order valence-electron chi connectivity index (χ2n) is 5.27. The molecular weight excluding hydrogens is 330 g/mol. The Morgan fingerprint density at radius 3 is 2.65 bits per heavy atom. The maximum absolute atomic E-state index is 12.5. The monoisotopic (exact) mass is 345 g/mol. The molecule has 2 heterocycles. The van der Waals surface area contributed by atoms with Gasteiger partial charge in [-0.3, -0.25) is 9.48 Å². The highest BCUT2D eigenvalue weighted by atomic mass is 35.5. The van der Waals surface area contributed by atoms with Crippen molar-refractivity contribution in [2.45, 2.75) is 13.1 Å². The Balaban J connectivity index is 1.64. The summed E-state index contributed by atoms with van der Waals surface area (Å²) in [7, 11) is 1.80. The zero-order chi connectivity index (χ0) is 16.2. The van der Waals surface area contributed by atoms with Gasteiger partial charge in [0.25, 0.3) is 5.91 Å². The SMILES string of the molecule is CN(Cc1ccc(Cl)s1)C(=O)c1ccc(Cn2cccn2)cc1. The molecule has 6 heteroatoms. The molecule has 0 saturated carbocycles. The van der Waals surface area contributed by atoms with Crippen LogP contribution in [-0.4, -0.2) is 27.6 Å². The van der Waals surface area contributed by atoms with Gasteiger partial charge in [0.05, 0.1) is 17.4 Å². The molecule has 0 N–H and O–H groups in total. The van der Waals surface area contributed by atoms with Gasteiger partial charge in [0, 0.05) is 29.9 Å². The summed E-state index contributed by atoms with van der Waals surface area (Å²) >= 11 is 7.42. The molecule has 23 heavy (non-hydrogen) atoms. The number of aromatic nitrogens is 2. The zero-order valence-corrected chi connectivity index (χ0v) is 14.2. The molecule has 0 bridgehead atoms. The Kier molecular flexibility index (Phi) is 4.79. The van der Waals surface area contributed by atoms with Gasteiger partial charge in [-0.25, -0.2) is 0 Å². The predicted molar refractivity (Wildman–Crippen MR) is 92.9 cm³/mol. The Morgan fingerprint density at radius 1 is 1.26 bits per heavy atom. The largest absolute Gasteiger partial charge is 0.337 e. The third kappa shape index (κ3) is 4.00. The molecule has 1 amide bonds. The van der Waals surface area contributed by atoms with Gasteiger partial charge in [0.2, 0.25) is 0 Å². The Morgan fingerprint density at radius 2 is 2.04 bits per heavy atom. The number of hydrogen-bond acceptors (Lipinski definition) is 3. The lowest BCUT2D eigenvalue weighted by Crippen LogP contribution is -2.25. The first-order chi connectivity index (χ1) is 11.1. The molecule has 0 radical (unpaired) electrons. The van der Waals surface area contributed by atoms with Crippen molar-refractivity contribution in [2.75, 3.05) is 7.05 Å². The summed E-state index contributed by atoms with van der Waals surface area (Å²) < 4.78 is 2.59. The van der Waals surface area contributed by atoms with E-state index in [1.807, 2.05) is 53.3 Å². The highest BCUT2D eigenvalue weighted by Crippen LogP contribution is 2.22. The van der Waals surface area contributed by atoms with E-state index in [9.17, 15) is 4.79 Å². The minimum atomic E-state index is 0.000150. The van der Waals surface area contributed by atoms with Gasteiger partial charge in [-0.2, -0.15) is 5.10 Å². The van der Waals surface area contributed by atoms with Gasteiger partial charge in [-0.05, 0) is 35.9 Å². The van der Waals surface area contributed by atoms with Gasteiger partial charge < -0.3 is 4.90 Å². The van der Waals surface area contributed by atoms with E-state index < -0.39 is 0 Å². The fourth-order valence-corrected chi connectivity index (χ4v) is 3.44. The van der Waals surface area contributed by atoms with Gasteiger partial charge in [-0.15, -0.1) is 11.3 Å². The van der Waals surface area contributed by atoms with E-state index in [4.69, 9.17) is 11.6 Å². The van der Waals surface area contributed by atoms with E-state index in [2.05, 4.69) is 5.10 Å². The maximum Gasteiger partial charge on any atom is 0.253 e. The van der Waals surface area contributed by atoms with Crippen LogP contribution in [0.2, 0.25) is 4.34 Å². The van der Waals surface area contributed by atoms with E-state index in [1.54, 1.807) is 18.1 Å². The van der Waals surface area contributed by atoms with Crippen molar-refractivity contribution in [2.24, 2.45) is 0 Å². The van der Waals surface area contributed by atoms with Crippen LogP contribution in [0.3, 0.4) is 0 Å². The lowest BCUT2D eigenvalue weighted by atomic mass is 10.1. The molecule has 1 aromatic carbocycles. The Labute approximate surface area is 143 Å². The standard InChI is InChI=1S/C17H16ClN3OS/c1-20(12-15-7-8-16(18)23-15)17(22)14-5-3-13(4-6-14)11-21-10-2-9-19-21/h2-10H,11-12H2,1H3. The fourth-order valence-electron chi connectivity index (χ4n) is 2.30. The lowest BCUT2D eigenvalue weighted by molar-refractivity contribution is 0.0786. The summed E-state index contributed by atoms with van der Waals surface area (Å²) in [5.74, 6) is 0.000150. The van der Waals surface area contributed by atoms with E-state index in [-0.39, 0.29) is 5.91 Å². The average molecular weight is 346 g/mol. The smallest absolute Gasteiger partial charge is 0.253 e. The molecule has 0 aliphatic heterocycles. The average Bonchev–Trinajstić information content (AvgIpc) is 3.19. The summed E-state index contributed by atoms with van der Waals surface area (Å²) in [6.45, 7) is 1.26. The Hall–Kier alpha value is -2.11. The first kappa shape index (κ1) is 15.8. The van der Waals surface area contributed by atoms with Crippen molar-refractivity contribution in [1.82, 2.24) is 14.7 Å². The summed E-state index contributed by atoms with van der Waals surface area (Å²) in [6, 6.07) is 13.3. The third-order valence-electron chi connectivity index (χ3n) is 3.47. The van der Waals surface area contributed by atoms with Crippen molar-refractivity contribution < 1.29 is 4.79 Å². The summed E-state index contributed by atoms with van der Waals surface area (Å²) in [4.78, 5) is 15.2. The molecule has 2 aromatic heterocycles. The normalized spacial score (nSPS) is 10.7. The summed E-state index contributed by atoms with van der Waals surface area (Å²) in [5.41, 5.74) is 1.79. The molecule has 0 unspecified atom stereocenters. The highest BCUT2D eigenvalue weighted by Gasteiger charge is 2.13. The Bertz CT molecular complexity index is 781. The number of carbonyl (C=O) groups excluding carboxylic acids is 1. The van der Waals surface area contributed by atoms with Crippen LogP contribution in [0, 0.1) is 0 Å². The molecule has 3 aromatic rings. The summed E-state index contributed by atoms with van der Waals surface area (Å²) in [6.07, 6.45) is 3.67. The molecule has 0 aliphatic carbocycles. The minimum absolute atomic E-state index is 0.000150. The van der Waals surface area contributed by atoms with E-state index in [0.29, 0.717) is 18.7 Å². The number of amides is 1. The highest BCUT2D eigenvalue weighted by molar-refractivity contribution is 7.16. The topological polar surface area (TPSA) is 38.1 Å². The van der Waals surface area contributed by atoms with Crippen molar-refractivity contribution in [3.8, 4) is 0 Å². The van der Waals surface area contributed by atoms with Gasteiger partial charge in [0.1, 0.15) is 0 Å². The molecule has 118 valence electrons. The van der Waals surface area contributed by atoms with Crippen molar-refractivity contribution in [3.63, 3.8) is 0 Å². The number of benzene rings is 1. The van der Waals surface area contributed by atoms with Crippen LogP contribution in [0.15, 0.2) is 54.9 Å². The van der Waals surface area contributed by atoms with E-state index in [0.717, 1.165) is 14.8 Å². The van der Waals surface area contributed by atoms with Crippen LogP contribution in [0.5, 0.6) is 0 Å². The van der Waals surface area contributed by atoms with Crippen LogP contribution >= 0.6 is 22.9 Å². The third-order valence-corrected chi connectivity index (χ3v) is 4.69. The number of halogens is 1. The lowest BCUT2D eigenvalue weighted by Gasteiger charge is -2.16. The minimum Gasteiger partial charge on any atom is -0.337 e. The molecule has 4 nitrogen and oxygen atoms in total. The van der Waals surface area contributed by atoms with Gasteiger partial charge in [0.15, 0.2) is 0 Å². The molecule has 0 fully saturated rings. The molecule has 0 aliphatic rings. The quantitative estimate of drug-likeness (QED) is 0.703.